The van der Waals surface area contributed by atoms with Gasteiger partial charge in [0.15, 0.2) is 0 Å². The smallest absolute Gasteiger partial charge is 0.120 e. The molecule has 0 aromatic heterocycles. The summed E-state index contributed by atoms with van der Waals surface area (Å²) < 4.78 is 11.4. The minimum absolute atomic E-state index is 0.298. The highest BCUT2D eigenvalue weighted by Crippen LogP contribution is 2.28. The zero-order chi connectivity index (χ0) is 14.2. The number of benzene rings is 2. The average Bonchev–Trinajstić information content (AvgIpc) is 2.85. The quantitative estimate of drug-likeness (QED) is 0.876. The molecular formula is C18H19NO2. The van der Waals surface area contributed by atoms with Gasteiger partial charge in [0.25, 0.3) is 0 Å². The van der Waals surface area contributed by atoms with E-state index >= 15 is 0 Å². The summed E-state index contributed by atoms with van der Waals surface area (Å²) >= 11 is 0. The number of fused-ring (bicyclic) bond motifs is 3. The first-order chi connectivity index (χ1) is 10.3. The van der Waals surface area contributed by atoms with Crippen LogP contribution in [0.4, 0.5) is 0 Å². The maximum atomic E-state index is 6.19. The molecule has 1 saturated heterocycles. The van der Waals surface area contributed by atoms with Gasteiger partial charge >= 0.3 is 0 Å². The van der Waals surface area contributed by atoms with Crippen LogP contribution in [0, 0.1) is 0 Å². The van der Waals surface area contributed by atoms with Crippen LogP contribution in [0.15, 0.2) is 48.6 Å². The van der Waals surface area contributed by atoms with Gasteiger partial charge in [-0.1, -0.05) is 24.3 Å². The molecule has 21 heavy (non-hydrogen) atoms. The lowest BCUT2D eigenvalue weighted by molar-refractivity contribution is 0.142. The molecule has 0 radical (unpaired) electrons. The van der Waals surface area contributed by atoms with E-state index in [1.54, 1.807) is 7.11 Å². The van der Waals surface area contributed by atoms with Gasteiger partial charge in [0.1, 0.15) is 17.6 Å². The van der Waals surface area contributed by atoms with E-state index in [1.807, 2.05) is 12.1 Å². The zero-order valence-corrected chi connectivity index (χ0v) is 12.1. The standard InChI is InChI=1S/C18H19NO2/c1-20-16-6-2-13-9-17(7-3-12(13)8-16)21-18-10-14-4-5-15(11-18)19-14/h2-9,14-15,18-19H,10-11H2,1H3/t14-,15+,18-. The monoisotopic (exact) mass is 281 g/mol. The fourth-order valence-electron chi connectivity index (χ4n) is 3.30. The van der Waals surface area contributed by atoms with Crippen molar-refractivity contribution >= 4 is 10.8 Å². The van der Waals surface area contributed by atoms with Gasteiger partial charge in [0.2, 0.25) is 0 Å². The summed E-state index contributed by atoms with van der Waals surface area (Å²) in [4.78, 5) is 0. The molecule has 108 valence electrons. The molecule has 2 aliphatic heterocycles. The number of hydrogen-bond donors (Lipinski definition) is 1. The van der Waals surface area contributed by atoms with E-state index in [9.17, 15) is 0 Å². The van der Waals surface area contributed by atoms with Gasteiger partial charge in [0.05, 0.1) is 7.11 Å². The summed E-state index contributed by atoms with van der Waals surface area (Å²) in [6.07, 6.45) is 6.93. The zero-order valence-electron chi connectivity index (χ0n) is 12.1. The maximum Gasteiger partial charge on any atom is 0.120 e. The van der Waals surface area contributed by atoms with Crippen molar-refractivity contribution in [3.8, 4) is 11.5 Å². The molecule has 2 aliphatic rings. The molecule has 0 unspecified atom stereocenters. The Morgan fingerprint density at radius 1 is 0.905 bits per heavy atom. The number of hydrogen-bond acceptors (Lipinski definition) is 3. The van der Waals surface area contributed by atoms with Crippen molar-refractivity contribution < 1.29 is 9.47 Å². The largest absolute Gasteiger partial charge is 0.497 e. The predicted octanol–water partition coefficient (Wildman–Crippen LogP) is 3.29. The maximum absolute atomic E-state index is 6.19. The molecule has 0 amide bonds. The van der Waals surface area contributed by atoms with Crippen LogP contribution in [0.5, 0.6) is 11.5 Å². The summed E-state index contributed by atoms with van der Waals surface area (Å²) in [5.74, 6) is 1.84. The topological polar surface area (TPSA) is 30.5 Å². The van der Waals surface area contributed by atoms with Gasteiger partial charge in [0, 0.05) is 24.9 Å². The third-order valence-electron chi connectivity index (χ3n) is 4.36. The summed E-state index contributed by atoms with van der Waals surface area (Å²) in [6.45, 7) is 0. The molecule has 1 fully saturated rings. The molecule has 4 rings (SSSR count). The van der Waals surface area contributed by atoms with Crippen LogP contribution in [-0.2, 0) is 0 Å². The van der Waals surface area contributed by atoms with E-state index in [0.29, 0.717) is 18.2 Å². The number of rotatable bonds is 3. The van der Waals surface area contributed by atoms with Crippen LogP contribution in [0.25, 0.3) is 10.8 Å². The lowest BCUT2D eigenvalue weighted by Crippen LogP contribution is -2.43. The Kier molecular flexibility index (Phi) is 3.08. The highest BCUT2D eigenvalue weighted by Gasteiger charge is 2.30. The highest BCUT2D eigenvalue weighted by atomic mass is 16.5. The van der Waals surface area contributed by atoms with Crippen LogP contribution in [0.1, 0.15) is 12.8 Å². The molecule has 0 saturated carbocycles. The molecule has 3 heteroatoms. The summed E-state index contributed by atoms with van der Waals surface area (Å²) in [5.41, 5.74) is 0. The first kappa shape index (κ1) is 12.7. The minimum Gasteiger partial charge on any atom is -0.497 e. The Morgan fingerprint density at radius 3 is 2.19 bits per heavy atom. The van der Waals surface area contributed by atoms with Crippen LogP contribution in [0.2, 0.25) is 0 Å². The van der Waals surface area contributed by atoms with Crippen LogP contribution >= 0.6 is 0 Å². The molecule has 3 atom stereocenters. The fourth-order valence-corrected chi connectivity index (χ4v) is 3.30. The molecule has 1 N–H and O–H groups in total. The molecule has 3 nitrogen and oxygen atoms in total. The van der Waals surface area contributed by atoms with Gasteiger partial charge in [-0.2, -0.15) is 0 Å². The first-order valence-electron chi connectivity index (χ1n) is 7.49. The Labute approximate surface area is 124 Å². The van der Waals surface area contributed by atoms with Gasteiger partial charge in [-0.05, 0) is 35.0 Å². The predicted molar refractivity (Wildman–Crippen MR) is 84.0 cm³/mol. The molecule has 2 heterocycles. The summed E-state index contributed by atoms with van der Waals surface area (Å²) in [6, 6.07) is 13.4. The van der Waals surface area contributed by atoms with E-state index in [0.717, 1.165) is 24.3 Å². The van der Waals surface area contributed by atoms with Crippen molar-refractivity contribution in [1.29, 1.82) is 0 Å². The number of ether oxygens (including phenoxy) is 2. The van der Waals surface area contributed by atoms with E-state index in [2.05, 4.69) is 41.7 Å². The normalized spacial score (nSPS) is 27.0. The number of piperidine rings is 1. The van der Waals surface area contributed by atoms with Crippen molar-refractivity contribution in [2.45, 2.75) is 31.0 Å². The molecule has 2 bridgehead atoms. The third-order valence-corrected chi connectivity index (χ3v) is 4.36. The van der Waals surface area contributed by atoms with Crippen LogP contribution in [0.3, 0.4) is 0 Å². The average molecular weight is 281 g/mol. The highest BCUT2D eigenvalue weighted by molar-refractivity contribution is 5.85. The molecule has 2 aromatic rings. The SMILES string of the molecule is COc1ccc2cc(O[C@@H]3C[C@H]4C=C[C@@H](C3)N4)ccc2c1. The van der Waals surface area contributed by atoms with E-state index in [-0.39, 0.29) is 0 Å². The first-order valence-corrected chi connectivity index (χ1v) is 7.49. The Bertz CT molecular complexity index is 681. The number of nitrogens with one attached hydrogen (secondary N) is 1. The lowest BCUT2D eigenvalue weighted by atomic mass is 10.0. The van der Waals surface area contributed by atoms with Crippen molar-refractivity contribution in [2.24, 2.45) is 0 Å². The van der Waals surface area contributed by atoms with Crippen molar-refractivity contribution in [2.75, 3.05) is 7.11 Å². The fraction of sp³-hybridized carbons (Fsp3) is 0.333. The van der Waals surface area contributed by atoms with Crippen LogP contribution in [-0.4, -0.2) is 25.3 Å². The summed E-state index contributed by atoms with van der Waals surface area (Å²) in [7, 11) is 1.69. The van der Waals surface area contributed by atoms with Crippen molar-refractivity contribution in [3.05, 3.63) is 48.6 Å². The van der Waals surface area contributed by atoms with Gasteiger partial charge in [-0.15, -0.1) is 0 Å². The van der Waals surface area contributed by atoms with Crippen molar-refractivity contribution in [1.82, 2.24) is 5.32 Å². The summed E-state index contributed by atoms with van der Waals surface area (Å²) in [5, 5.41) is 5.90. The van der Waals surface area contributed by atoms with Gasteiger partial charge in [-0.25, -0.2) is 0 Å². The molecule has 0 spiro atoms. The second-order valence-electron chi connectivity index (χ2n) is 5.85. The van der Waals surface area contributed by atoms with Gasteiger partial charge < -0.3 is 14.8 Å². The third kappa shape index (κ3) is 2.49. The lowest BCUT2D eigenvalue weighted by Gasteiger charge is -2.29. The van der Waals surface area contributed by atoms with E-state index in [1.165, 1.54) is 10.8 Å². The number of methoxy groups -OCH3 is 1. The second kappa shape index (κ2) is 5.08. The minimum atomic E-state index is 0.298. The molecule has 0 aliphatic carbocycles. The van der Waals surface area contributed by atoms with Gasteiger partial charge in [-0.3, -0.25) is 0 Å². The second-order valence-corrected chi connectivity index (χ2v) is 5.85. The Hall–Kier alpha value is -2.00. The van der Waals surface area contributed by atoms with Crippen molar-refractivity contribution in [3.63, 3.8) is 0 Å². The van der Waals surface area contributed by atoms with E-state index < -0.39 is 0 Å². The Morgan fingerprint density at radius 2 is 1.52 bits per heavy atom. The van der Waals surface area contributed by atoms with Crippen LogP contribution < -0.4 is 14.8 Å². The molecular weight excluding hydrogens is 262 g/mol. The Balaban J connectivity index is 1.54. The van der Waals surface area contributed by atoms with E-state index in [4.69, 9.17) is 9.47 Å². The molecule has 2 aromatic carbocycles.